The van der Waals surface area contributed by atoms with E-state index in [2.05, 4.69) is 35.0 Å². The maximum Gasteiger partial charge on any atom is 0.0790 e. The first kappa shape index (κ1) is 12.7. The van der Waals surface area contributed by atoms with Crippen LogP contribution >= 0.6 is 15.9 Å². The summed E-state index contributed by atoms with van der Waals surface area (Å²) in [4.78, 5) is 0. The molecule has 1 N–H and O–H groups in total. The van der Waals surface area contributed by atoms with Crippen molar-refractivity contribution in [3.63, 3.8) is 0 Å². The number of aliphatic hydroxyl groups excluding tert-OH is 1. The van der Waals surface area contributed by atoms with Gasteiger partial charge in [-0.2, -0.15) is 0 Å². The molecule has 0 fully saturated rings. The highest BCUT2D eigenvalue weighted by Crippen LogP contribution is 2.21. The van der Waals surface area contributed by atoms with Crippen LogP contribution in [-0.4, -0.2) is 5.11 Å². The van der Waals surface area contributed by atoms with Crippen LogP contribution in [0.2, 0.25) is 0 Å². The summed E-state index contributed by atoms with van der Waals surface area (Å²) in [5.74, 6) is 0. The maximum atomic E-state index is 9.95. The van der Waals surface area contributed by atoms with Crippen LogP contribution in [-0.2, 0) is 5.33 Å². The fourth-order valence-electron chi connectivity index (χ4n) is 1.64. The number of unbranched alkanes of at least 4 members (excludes halogenated alkanes) is 2. The molecule has 0 spiro atoms. The Kier molecular flexibility index (Phi) is 5.96. The zero-order chi connectivity index (χ0) is 11.1. The number of halogens is 1. The van der Waals surface area contributed by atoms with Crippen molar-refractivity contribution in [2.75, 3.05) is 0 Å². The highest BCUT2D eigenvalue weighted by Gasteiger charge is 2.06. The van der Waals surface area contributed by atoms with Crippen molar-refractivity contribution in [1.82, 2.24) is 0 Å². The Morgan fingerprint density at radius 2 is 2.13 bits per heavy atom. The third kappa shape index (κ3) is 4.35. The van der Waals surface area contributed by atoms with Crippen LogP contribution < -0.4 is 0 Å². The van der Waals surface area contributed by atoms with Gasteiger partial charge in [0.15, 0.2) is 0 Å². The first-order valence-electron chi connectivity index (χ1n) is 5.60. The van der Waals surface area contributed by atoms with Gasteiger partial charge in [0, 0.05) is 5.33 Å². The number of alkyl halides is 1. The minimum atomic E-state index is -0.296. The van der Waals surface area contributed by atoms with E-state index >= 15 is 0 Å². The van der Waals surface area contributed by atoms with Gasteiger partial charge in [-0.05, 0) is 17.5 Å². The summed E-state index contributed by atoms with van der Waals surface area (Å²) >= 11 is 3.42. The highest BCUT2D eigenvalue weighted by atomic mass is 79.9. The molecule has 84 valence electrons. The lowest BCUT2D eigenvalue weighted by Crippen LogP contribution is -1.97. The molecule has 1 unspecified atom stereocenters. The molecule has 0 aliphatic carbocycles. The minimum Gasteiger partial charge on any atom is -0.388 e. The quantitative estimate of drug-likeness (QED) is 0.607. The summed E-state index contributed by atoms with van der Waals surface area (Å²) in [5, 5.41) is 10.8. The normalized spacial score (nSPS) is 12.7. The molecule has 0 radical (unpaired) electrons. The third-order valence-electron chi connectivity index (χ3n) is 2.57. The molecule has 0 heterocycles. The zero-order valence-corrected chi connectivity index (χ0v) is 10.8. The Balaban J connectivity index is 2.52. The Morgan fingerprint density at radius 1 is 1.33 bits per heavy atom. The van der Waals surface area contributed by atoms with Gasteiger partial charge in [-0.3, -0.25) is 0 Å². The molecule has 0 aliphatic rings. The van der Waals surface area contributed by atoms with Gasteiger partial charge in [0.25, 0.3) is 0 Å². The Morgan fingerprint density at radius 3 is 2.80 bits per heavy atom. The summed E-state index contributed by atoms with van der Waals surface area (Å²) in [7, 11) is 0. The van der Waals surface area contributed by atoms with Crippen LogP contribution in [0.1, 0.15) is 49.8 Å². The van der Waals surface area contributed by atoms with Crippen LogP contribution in [0.25, 0.3) is 0 Å². The lowest BCUT2D eigenvalue weighted by molar-refractivity contribution is 0.163. The second-order valence-electron chi connectivity index (χ2n) is 3.89. The van der Waals surface area contributed by atoms with E-state index in [0.29, 0.717) is 0 Å². The van der Waals surface area contributed by atoms with E-state index in [0.717, 1.165) is 23.7 Å². The molecule has 1 atom stereocenters. The Labute approximate surface area is 101 Å². The Hall–Kier alpha value is -0.340. The van der Waals surface area contributed by atoms with Gasteiger partial charge < -0.3 is 5.11 Å². The third-order valence-corrected chi connectivity index (χ3v) is 3.22. The average molecular weight is 271 g/mol. The van der Waals surface area contributed by atoms with Gasteiger partial charge in [-0.15, -0.1) is 0 Å². The van der Waals surface area contributed by atoms with E-state index in [4.69, 9.17) is 0 Å². The lowest BCUT2D eigenvalue weighted by atomic mass is 10.0. The van der Waals surface area contributed by atoms with Crippen molar-refractivity contribution >= 4 is 15.9 Å². The smallest absolute Gasteiger partial charge is 0.0790 e. The van der Waals surface area contributed by atoms with Crippen molar-refractivity contribution < 1.29 is 5.11 Å². The second kappa shape index (κ2) is 7.02. The molecule has 0 saturated heterocycles. The van der Waals surface area contributed by atoms with Crippen molar-refractivity contribution in [3.8, 4) is 0 Å². The molecular formula is C13H19BrO. The topological polar surface area (TPSA) is 20.2 Å². The average Bonchev–Trinajstić information content (AvgIpc) is 2.29. The monoisotopic (exact) mass is 270 g/mol. The van der Waals surface area contributed by atoms with Gasteiger partial charge in [-0.1, -0.05) is 66.4 Å². The molecule has 0 aliphatic heterocycles. The molecule has 15 heavy (non-hydrogen) atoms. The number of rotatable bonds is 6. The van der Waals surface area contributed by atoms with Gasteiger partial charge in [0.1, 0.15) is 0 Å². The summed E-state index contributed by atoms with van der Waals surface area (Å²) in [6.45, 7) is 2.18. The number of benzene rings is 1. The first-order chi connectivity index (χ1) is 7.27. The predicted octanol–water partition coefficient (Wildman–Crippen LogP) is 4.20. The number of aliphatic hydroxyl groups is 1. The molecule has 1 aromatic carbocycles. The molecule has 0 amide bonds. The standard InChI is InChI=1S/C13H19BrO/c1-2-3-4-8-13(15)12-7-5-6-11(9-12)10-14/h5-7,9,13,15H,2-4,8,10H2,1H3. The fraction of sp³-hybridized carbons (Fsp3) is 0.538. The van der Waals surface area contributed by atoms with E-state index in [1.54, 1.807) is 0 Å². The van der Waals surface area contributed by atoms with E-state index in [1.165, 1.54) is 18.4 Å². The van der Waals surface area contributed by atoms with Gasteiger partial charge in [-0.25, -0.2) is 0 Å². The molecule has 2 heteroatoms. The van der Waals surface area contributed by atoms with Crippen LogP contribution in [0.5, 0.6) is 0 Å². The highest BCUT2D eigenvalue weighted by molar-refractivity contribution is 9.08. The second-order valence-corrected chi connectivity index (χ2v) is 4.45. The molecule has 1 aromatic rings. The predicted molar refractivity (Wildman–Crippen MR) is 68.2 cm³/mol. The summed E-state index contributed by atoms with van der Waals surface area (Å²) in [5.41, 5.74) is 2.27. The van der Waals surface area contributed by atoms with Gasteiger partial charge in [0.05, 0.1) is 6.10 Å². The molecule has 0 bridgehead atoms. The van der Waals surface area contributed by atoms with E-state index in [9.17, 15) is 5.11 Å². The van der Waals surface area contributed by atoms with Gasteiger partial charge in [0.2, 0.25) is 0 Å². The van der Waals surface area contributed by atoms with E-state index in [1.807, 2.05) is 12.1 Å². The van der Waals surface area contributed by atoms with Crippen molar-refractivity contribution in [1.29, 1.82) is 0 Å². The fourth-order valence-corrected chi connectivity index (χ4v) is 1.99. The van der Waals surface area contributed by atoms with Crippen LogP contribution in [0.4, 0.5) is 0 Å². The number of hydrogen-bond acceptors (Lipinski definition) is 1. The first-order valence-corrected chi connectivity index (χ1v) is 6.73. The van der Waals surface area contributed by atoms with E-state index in [-0.39, 0.29) is 6.10 Å². The lowest BCUT2D eigenvalue weighted by Gasteiger charge is -2.11. The van der Waals surface area contributed by atoms with Crippen LogP contribution in [0, 0.1) is 0 Å². The van der Waals surface area contributed by atoms with Crippen molar-refractivity contribution in [2.24, 2.45) is 0 Å². The van der Waals surface area contributed by atoms with E-state index < -0.39 is 0 Å². The summed E-state index contributed by atoms with van der Waals surface area (Å²) in [6.07, 6.45) is 4.09. The largest absolute Gasteiger partial charge is 0.388 e. The Bertz CT molecular complexity index is 286. The van der Waals surface area contributed by atoms with Crippen LogP contribution in [0.15, 0.2) is 24.3 Å². The summed E-state index contributed by atoms with van der Waals surface area (Å²) in [6, 6.07) is 8.15. The minimum absolute atomic E-state index is 0.296. The SMILES string of the molecule is CCCCCC(O)c1cccc(CBr)c1. The molecule has 0 saturated carbocycles. The molecule has 1 nitrogen and oxygen atoms in total. The van der Waals surface area contributed by atoms with Crippen LogP contribution in [0.3, 0.4) is 0 Å². The molecular weight excluding hydrogens is 252 g/mol. The summed E-state index contributed by atoms with van der Waals surface area (Å²) < 4.78 is 0. The maximum absolute atomic E-state index is 9.95. The van der Waals surface area contributed by atoms with Crippen molar-refractivity contribution in [2.45, 2.75) is 44.0 Å². The molecule has 1 rings (SSSR count). The number of hydrogen-bond donors (Lipinski definition) is 1. The molecule has 0 aromatic heterocycles. The van der Waals surface area contributed by atoms with Gasteiger partial charge >= 0.3 is 0 Å². The van der Waals surface area contributed by atoms with Crippen molar-refractivity contribution in [3.05, 3.63) is 35.4 Å². The zero-order valence-electron chi connectivity index (χ0n) is 9.25.